The van der Waals surface area contributed by atoms with E-state index in [0.29, 0.717) is 0 Å². The first kappa shape index (κ1) is 12.8. The third kappa shape index (κ3) is 2.65. The molecule has 1 rings (SSSR count). The van der Waals surface area contributed by atoms with Crippen LogP contribution in [0.1, 0.15) is 17.1 Å². The van der Waals surface area contributed by atoms with Crippen molar-refractivity contribution in [1.29, 1.82) is 10.5 Å². The number of alkyl halides is 3. The number of aromatic nitrogens is 2. The summed E-state index contributed by atoms with van der Waals surface area (Å²) in [5, 5.41) is 17.4. The maximum absolute atomic E-state index is 8.80. The molecule has 1 heterocycles. The van der Waals surface area contributed by atoms with Crippen LogP contribution in [0.4, 0.5) is 5.82 Å². The zero-order valence-electron chi connectivity index (χ0n) is 7.71. The third-order valence-corrected chi connectivity index (χ3v) is 2.13. The van der Waals surface area contributed by atoms with Crippen molar-refractivity contribution in [2.75, 3.05) is 5.73 Å². The maximum Gasteiger partial charge on any atom is 0.250 e. The predicted molar refractivity (Wildman–Crippen MR) is 59.7 cm³/mol. The van der Waals surface area contributed by atoms with Crippen LogP contribution in [-0.4, -0.2) is 9.97 Å². The number of hydrogen-bond donors (Lipinski definition) is 1. The highest BCUT2D eigenvalue weighted by Gasteiger charge is 2.28. The molecule has 5 nitrogen and oxygen atoms in total. The highest BCUT2D eigenvalue weighted by atomic mass is 35.6. The average molecular weight is 277 g/mol. The highest BCUT2D eigenvalue weighted by molar-refractivity contribution is 6.66. The molecule has 0 bridgehead atoms. The van der Waals surface area contributed by atoms with Crippen LogP contribution in [0.15, 0.2) is 0 Å². The van der Waals surface area contributed by atoms with Gasteiger partial charge in [0.15, 0.2) is 5.82 Å². The normalized spacial score (nSPS) is 10.6. The Labute approximate surface area is 106 Å². The SMILES string of the molecule is N#CCc1nc(C(Cl)(Cl)Cl)nc(N)c1C#N. The molecule has 0 aromatic carbocycles. The molecule has 0 unspecified atom stereocenters. The molecule has 0 aliphatic rings. The molecule has 2 N–H and O–H groups in total. The molecule has 0 saturated heterocycles. The minimum atomic E-state index is -1.84. The molecule has 16 heavy (non-hydrogen) atoms. The number of nitriles is 2. The van der Waals surface area contributed by atoms with Crippen LogP contribution in [0.25, 0.3) is 0 Å². The number of anilines is 1. The van der Waals surface area contributed by atoms with Crippen LogP contribution >= 0.6 is 34.8 Å². The molecule has 0 fully saturated rings. The van der Waals surface area contributed by atoms with Crippen LogP contribution in [-0.2, 0) is 10.2 Å². The molecule has 0 spiro atoms. The lowest BCUT2D eigenvalue weighted by molar-refractivity contribution is 0.925. The average Bonchev–Trinajstić information content (AvgIpc) is 2.16. The van der Waals surface area contributed by atoms with Gasteiger partial charge in [-0.25, -0.2) is 9.97 Å². The maximum atomic E-state index is 8.80. The van der Waals surface area contributed by atoms with Gasteiger partial charge in [-0.2, -0.15) is 10.5 Å². The topological polar surface area (TPSA) is 99.4 Å². The van der Waals surface area contributed by atoms with E-state index in [1.165, 1.54) is 0 Å². The molecule has 1 aromatic heterocycles. The van der Waals surface area contributed by atoms with Gasteiger partial charge < -0.3 is 5.73 Å². The number of nitrogens with two attached hydrogens (primary N) is 1. The molecule has 0 amide bonds. The van der Waals surface area contributed by atoms with Crippen LogP contribution in [0, 0.1) is 22.7 Å². The van der Waals surface area contributed by atoms with Gasteiger partial charge in [0.05, 0.1) is 18.2 Å². The summed E-state index contributed by atoms with van der Waals surface area (Å²) in [6.45, 7) is 0. The van der Waals surface area contributed by atoms with Crippen molar-refractivity contribution in [3.63, 3.8) is 0 Å². The Morgan fingerprint density at radius 2 is 1.88 bits per heavy atom. The van der Waals surface area contributed by atoms with E-state index < -0.39 is 3.79 Å². The second-order valence-electron chi connectivity index (χ2n) is 2.70. The number of nitrogen functional groups attached to an aromatic ring is 1. The van der Waals surface area contributed by atoms with Gasteiger partial charge in [-0.05, 0) is 0 Å². The Balaban J connectivity index is 3.42. The first-order valence-corrected chi connectivity index (χ1v) is 5.04. The zero-order valence-corrected chi connectivity index (χ0v) is 9.97. The van der Waals surface area contributed by atoms with Crippen LogP contribution in [0.5, 0.6) is 0 Å². The van der Waals surface area contributed by atoms with Crippen molar-refractivity contribution in [1.82, 2.24) is 9.97 Å². The van der Waals surface area contributed by atoms with E-state index in [4.69, 9.17) is 51.1 Å². The van der Waals surface area contributed by atoms with Gasteiger partial charge in [-0.1, -0.05) is 34.8 Å². The smallest absolute Gasteiger partial charge is 0.250 e. The zero-order chi connectivity index (χ0) is 12.3. The number of halogens is 3. The van der Waals surface area contributed by atoms with Crippen molar-refractivity contribution >= 4 is 40.6 Å². The lowest BCUT2D eigenvalue weighted by Gasteiger charge is -2.11. The highest BCUT2D eigenvalue weighted by Crippen LogP contribution is 2.36. The lowest BCUT2D eigenvalue weighted by atomic mass is 10.2. The summed E-state index contributed by atoms with van der Waals surface area (Å²) < 4.78 is -1.84. The molecule has 0 aliphatic heterocycles. The van der Waals surface area contributed by atoms with E-state index in [-0.39, 0.29) is 29.3 Å². The summed E-state index contributed by atoms with van der Waals surface area (Å²) in [4.78, 5) is 7.53. The van der Waals surface area contributed by atoms with Gasteiger partial charge in [0.1, 0.15) is 17.5 Å². The van der Waals surface area contributed by atoms with Crippen molar-refractivity contribution in [3.8, 4) is 12.1 Å². The molecule has 1 aromatic rings. The van der Waals surface area contributed by atoms with Crippen molar-refractivity contribution in [2.45, 2.75) is 10.2 Å². The minimum absolute atomic E-state index is 0.0274. The number of rotatable bonds is 1. The van der Waals surface area contributed by atoms with E-state index >= 15 is 0 Å². The van der Waals surface area contributed by atoms with E-state index in [2.05, 4.69) is 9.97 Å². The van der Waals surface area contributed by atoms with Crippen molar-refractivity contribution < 1.29 is 0 Å². The van der Waals surface area contributed by atoms with Crippen molar-refractivity contribution in [3.05, 3.63) is 17.1 Å². The number of hydrogen-bond acceptors (Lipinski definition) is 5. The molecule has 0 aliphatic carbocycles. The van der Waals surface area contributed by atoms with Gasteiger partial charge in [0.25, 0.3) is 0 Å². The monoisotopic (exact) mass is 275 g/mol. The van der Waals surface area contributed by atoms with Gasteiger partial charge in [-0.15, -0.1) is 0 Å². The van der Waals surface area contributed by atoms with Gasteiger partial charge in [0.2, 0.25) is 3.79 Å². The van der Waals surface area contributed by atoms with Gasteiger partial charge in [0, 0.05) is 0 Å². The summed E-state index contributed by atoms with van der Waals surface area (Å²) in [5.74, 6) is -0.261. The largest absolute Gasteiger partial charge is 0.382 e. The molecule has 0 atom stereocenters. The van der Waals surface area contributed by atoms with Crippen LogP contribution < -0.4 is 5.73 Å². The molecule has 8 heteroatoms. The predicted octanol–water partition coefficient (Wildman–Crippen LogP) is 1.82. The summed E-state index contributed by atoms with van der Waals surface area (Å²) in [6.07, 6.45) is -0.108. The van der Waals surface area contributed by atoms with Crippen LogP contribution in [0.3, 0.4) is 0 Å². The first-order chi connectivity index (χ1) is 7.40. The quantitative estimate of drug-likeness (QED) is 0.789. The number of nitrogens with zero attached hydrogens (tertiary/aromatic N) is 4. The molecule has 0 radical (unpaired) electrons. The molecular formula is C8H4Cl3N5. The fourth-order valence-electron chi connectivity index (χ4n) is 0.978. The standard InChI is InChI=1S/C8H4Cl3N5/c9-8(10,11)7-15-5(1-2-12)4(3-13)6(14)16-7/h1H2,(H2,14,15,16). The first-order valence-electron chi connectivity index (χ1n) is 3.90. The second-order valence-corrected chi connectivity index (χ2v) is 4.98. The van der Waals surface area contributed by atoms with E-state index in [0.717, 1.165) is 0 Å². The van der Waals surface area contributed by atoms with E-state index in [1.54, 1.807) is 6.07 Å². The lowest BCUT2D eigenvalue weighted by Crippen LogP contribution is -2.13. The molecular weight excluding hydrogens is 272 g/mol. The fourth-order valence-corrected chi connectivity index (χ4v) is 1.23. The summed E-state index contributed by atoms with van der Waals surface area (Å²) in [7, 11) is 0. The summed E-state index contributed by atoms with van der Waals surface area (Å²) >= 11 is 16.7. The Morgan fingerprint density at radius 3 is 2.31 bits per heavy atom. The fraction of sp³-hybridized carbons (Fsp3) is 0.250. The minimum Gasteiger partial charge on any atom is -0.382 e. The van der Waals surface area contributed by atoms with Gasteiger partial charge in [-0.3, -0.25) is 0 Å². The van der Waals surface area contributed by atoms with Gasteiger partial charge >= 0.3 is 0 Å². The van der Waals surface area contributed by atoms with Crippen LogP contribution in [0.2, 0.25) is 0 Å². The Morgan fingerprint density at radius 1 is 1.25 bits per heavy atom. The molecule has 0 saturated carbocycles. The molecule has 82 valence electrons. The van der Waals surface area contributed by atoms with Crippen molar-refractivity contribution in [2.24, 2.45) is 0 Å². The third-order valence-electron chi connectivity index (χ3n) is 1.62. The van der Waals surface area contributed by atoms with E-state index in [1.807, 2.05) is 6.07 Å². The Kier molecular flexibility index (Phi) is 3.77. The summed E-state index contributed by atoms with van der Waals surface area (Å²) in [6, 6.07) is 3.64. The Bertz CT molecular complexity index is 494. The second kappa shape index (κ2) is 4.71. The summed E-state index contributed by atoms with van der Waals surface area (Å²) in [5.41, 5.74) is 5.68. The Hall–Kier alpha value is -1.27. The van der Waals surface area contributed by atoms with E-state index in [9.17, 15) is 0 Å².